The highest BCUT2D eigenvalue weighted by atomic mass is 19.3. The monoisotopic (exact) mass is 459 g/mol. The van der Waals surface area contributed by atoms with Crippen molar-refractivity contribution in [2.24, 2.45) is 7.05 Å². The van der Waals surface area contributed by atoms with Crippen molar-refractivity contribution in [3.8, 4) is 17.0 Å². The Hall–Kier alpha value is -3.17. The third-order valence-electron chi connectivity index (χ3n) is 4.88. The van der Waals surface area contributed by atoms with Crippen LogP contribution in [-0.4, -0.2) is 41.5 Å². The summed E-state index contributed by atoms with van der Waals surface area (Å²) < 4.78 is 93.4. The van der Waals surface area contributed by atoms with Gasteiger partial charge in [-0.1, -0.05) is 30.3 Å². The maximum atomic E-state index is 14.0. The zero-order valence-electron chi connectivity index (χ0n) is 17.1. The Balaban J connectivity index is 1.80. The van der Waals surface area contributed by atoms with Gasteiger partial charge in [-0.3, -0.25) is 4.79 Å². The predicted molar refractivity (Wildman–Crippen MR) is 105 cm³/mol. The Morgan fingerprint density at radius 3 is 2.16 bits per heavy atom. The van der Waals surface area contributed by atoms with Crippen molar-refractivity contribution in [2.45, 2.75) is 24.7 Å². The summed E-state index contributed by atoms with van der Waals surface area (Å²) in [6.07, 6.45) is 0. The number of benzene rings is 2. The molecule has 0 atom stereocenters. The molecule has 0 radical (unpaired) electrons. The number of rotatable bonds is 8. The Labute approximate surface area is 179 Å². The van der Waals surface area contributed by atoms with E-state index < -0.39 is 37.0 Å². The van der Waals surface area contributed by atoms with E-state index in [2.05, 4.69) is 4.74 Å². The highest BCUT2D eigenvalue weighted by Gasteiger charge is 2.72. The van der Waals surface area contributed by atoms with Crippen molar-refractivity contribution in [2.75, 3.05) is 13.2 Å². The van der Waals surface area contributed by atoms with E-state index in [9.17, 15) is 31.1 Å². The summed E-state index contributed by atoms with van der Waals surface area (Å²) in [5.41, 5.74) is 2.28. The van der Waals surface area contributed by atoms with Gasteiger partial charge in [-0.25, -0.2) is 0 Å². The first-order valence-electron chi connectivity index (χ1n) is 9.40. The first-order chi connectivity index (χ1) is 14.9. The smallest absolute Gasteiger partial charge is 0.378 e. The van der Waals surface area contributed by atoms with Gasteiger partial charge in [0.2, 0.25) is 0 Å². The van der Waals surface area contributed by atoms with Gasteiger partial charge in [0.1, 0.15) is 5.75 Å². The molecule has 0 aliphatic carbocycles. The van der Waals surface area contributed by atoms with Crippen LogP contribution in [-0.2, 0) is 16.6 Å². The highest BCUT2D eigenvalue weighted by molar-refractivity contribution is 5.88. The average Bonchev–Trinajstić information content (AvgIpc) is 3.07. The molecule has 3 rings (SSSR count). The number of carbonyl (C=O) groups excluding carboxylic acids is 1. The molecule has 0 spiro atoms. The molecule has 32 heavy (non-hydrogen) atoms. The topological polar surface area (TPSA) is 40.5 Å². The second-order valence-corrected chi connectivity index (χ2v) is 7.23. The van der Waals surface area contributed by atoms with Gasteiger partial charge in [0.05, 0.1) is 5.52 Å². The van der Waals surface area contributed by atoms with Crippen LogP contribution in [0, 0.1) is 0 Å². The summed E-state index contributed by atoms with van der Waals surface area (Å²) in [7, 11) is 1.73. The van der Waals surface area contributed by atoms with E-state index in [0.717, 1.165) is 16.6 Å². The summed E-state index contributed by atoms with van der Waals surface area (Å²) in [5.74, 6) is -17.8. The Kier molecular flexibility index (Phi) is 6.17. The van der Waals surface area contributed by atoms with Crippen LogP contribution in [0.5, 0.6) is 5.75 Å². The van der Waals surface area contributed by atoms with E-state index in [0.29, 0.717) is 12.4 Å². The number of aromatic nitrogens is 1. The molecule has 0 aliphatic heterocycles. The van der Waals surface area contributed by atoms with Crippen molar-refractivity contribution in [3.63, 3.8) is 0 Å². The van der Waals surface area contributed by atoms with Gasteiger partial charge in [-0.05, 0) is 23.8 Å². The fourth-order valence-electron chi connectivity index (χ4n) is 3.10. The van der Waals surface area contributed by atoms with Gasteiger partial charge in [-0.15, -0.1) is 0 Å². The van der Waals surface area contributed by atoms with Crippen molar-refractivity contribution >= 4 is 16.9 Å². The van der Waals surface area contributed by atoms with Gasteiger partial charge in [0, 0.05) is 31.1 Å². The number of hydrogen-bond acceptors (Lipinski definition) is 3. The fraction of sp³-hybridized carbons (Fsp3) is 0.318. The Bertz CT molecular complexity index is 1110. The standard InChI is InChI=1S/C22H19F6NO3/c1-14(30)31-12-20(23,24)22(27,28)21(25,26)13-32-17-9-8-16-10-18(29(2)19(16)11-17)15-6-4-3-5-7-15/h3-11H,12-13H2,1-2H3. The highest BCUT2D eigenvalue weighted by Crippen LogP contribution is 2.46. The molecule has 0 saturated carbocycles. The third kappa shape index (κ3) is 4.39. The van der Waals surface area contributed by atoms with Crippen LogP contribution in [0.4, 0.5) is 26.3 Å². The zero-order chi connectivity index (χ0) is 23.7. The summed E-state index contributed by atoms with van der Waals surface area (Å²) >= 11 is 0. The largest absolute Gasteiger partial charge is 0.487 e. The van der Waals surface area contributed by atoms with E-state index in [1.165, 1.54) is 12.1 Å². The molecule has 172 valence electrons. The quantitative estimate of drug-likeness (QED) is 0.321. The molecule has 0 aliphatic rings. The number of aryl methyl sites for hydroxylation is 1. The molecule has 0 unspecified atom stereocenters. The van der Waals surface area contributed by atoms with Crippen molar-refractivity contribution < 1.29 is 40.6 Å². The first kappa shape index (κ1) is 23.5. The molecule has 0 amide bonds. The van der Waals surface area contributed by atoms with Crippen LogP contribution in [0.2, 0.25) is 0 Å². The molecular weight excluding hydrogens is 440 g/mol. The lowest BCUT2D eigenvalue weighted by Gasteiger charge is -2.32. The van der Waals surface area contributed by atoms with Gasteiger partial charge >= 0.3 is 23.7 Å². The zero-order valence-corrected chi connectivity index (χ0v) is 17.1. The van der Waals surface area contributed by atoms with E-state index in [-0.39, 0.29) is 5.75 Å². The lowest BCUT2D eigenvalue weighted by atomic mass is 10.1. The molecule has 2 aromatic carbocycles. The summed E-state index contributed by atoms with van der Waals surface area (Å²) in [6.45, 7) is -3.49. The van der Waals surface area contributed by atoms with Crippen molar-refractivity contribution in [1.29, 1.82) is 0 Å². The summed E-state index contributed by atoms with van der Waals surface area (Å²) in [5, 5.41) is 0.740. The van der Waals surface area contributed by atoms with Gasteiger partial charge in [0.25, 0.3) is 0 Å². The maximum absolute atomic E-state index is 14.0. The number of ether oxygens (including phenoxy) is 2. The lowest BCUT2D eigenvalue weighted by Crippen LogP contribution is -2.58. The molecule has 1 heterocycles. The van der Waals surface area contributed by atoms with Crippen molar-refractivity contribution in [3.05, 3.63) is 54.6 Å². The van der Waals surface area contributed by atoms with Gasteiger partial charge in [0.15, 0.2) is 13.2 Å². The number of halogens is 6. The molecule has 0 fully saturated rings. The molecule has 0 saturated heterocycles. The van der Waals surface area contributed by atoms with Gasteiger partial charge in [-0.2, -0.15) is 26.3 Å². The number of carbonyl (C=O) groups is 1. The molecule has 10 heteroatoms. The minimum atomic E-state index is -5.81. The second kappa shape index (κ2) is 8.40. The number of alkyl halides is 6. The predicted octanol–water partition coefficient (Wildman–Crippen LogP) is 5.69. The molecule has 1 aromatic heterocycles. The third-order valence-corrected chi connectivity index (χ3v) is 4.88. The molecule has 3 aromatic rings. The van der Waals surface area contributed by atoms with E-state index in [4.69, 9.17) is 4.74 Å². The number of hydrogen-bond donors (Lipinski definition) is 0. The van der Waals surface area contributed by atoms with E-state index in [1.807, 2.05) is 36.4 Å². The fourth-order valence-corrected chi connectivity index (χ4v) is 3.10. The minimum absolute atomic E-state index is 0.197. The lowest BCUT2D eigenvalue weighted by molar-refractivity contribution is -0.322. The molecule has 4 nitrogen and oxygen atoms in total. The SMILES string of the molecule is CC(=O)OCC(F)(F)C(F)(F)C(F)(F)COc1ccc2cc(-c3ccccc3)n(C)c2c1. The van der Waals surface area contributed by atoms with Crippen LogP contribution >= 0.6 is 0 Å². The minimum Gasteiger partial charge on any atom is -0.487 e. The number of fused-ring (bicyclic) bond motifs is 1. The van der Waals surface area contributed by atoms with Crippen LogP contribution in [0.3, 0.4) is 0 Å². The molecular formula is C22H19F6NO3. The van der Waals surface area contributed by atoms with E-state index >= 15 is 0 Å². The molecule has 0 N–H and O–H groups in total. The van der Waals surface area contributed by atoms with E-state index in [1.54, 1.807) is 17.7 Å². The molecule has 0 bridgehead atoms. The van der Waals surface area contributed by atoms with Crippen LogP contribution in [0.25, 0.3) is 22.2 Å². The maximum Gasteiger partial charge on any atom is 0.378 e. The number of nitrogens with zero attached hydrogens (tertiary/aromatic N) is 1. The average molecular weight is 459 g/mol. The van der Waals surface area contributed by atoms with Crippen LogP contribution in [0.1, 0.15) is 6.92 Å². The normalized spacial score (nSPS) is 12.8. The Morgan fingerprint density at radius 1 is 0.906 bits per heavy atom. The van der Waals surface area contributed by atoms with Crippen LogP contribution in [0.15, 0.2) is 54.6 Å². The Morgan fingerprint density at radius 2 is 1.53 bits per heavy atom. The van der Waals surface area contributed by atoms with Crippen molar-refractivity contribution in [1.82, 2.24) is 4.57 Å². The number of esters is 1. The summed E-state index contributed by atoms with van der Waals surface area (Å²) in [4.78, 5) is 10.6. The summed E-state index contributed by atoms with van der Waals surface area (Å²) in [6, 6.07) is 15.3. The first-order valence-corrected chi connectivity index (χ1v) is 9.40. The second-order valence-electron chi connectivity index (χ2n) is 7.23. The van der Waals surface area contributed by atoms with Crippen LogP contribution < -0.4 is 4.74 Å². The van der Waals surface area contributed by atoms with Gasteiger partial charge < -0.3 is 14.0 Å².